The Morgan fingerprint density at radius 3 is 2.35 bits per heavy atom. The average Bonchev–Trinajstić information content (AvgIpc) is 2.32. The van der Waals surface area contributed by atoms with Gasteiger partial charge >= 0.3 is 6.18 Å². The second-order valence-corrected chi connectivity index (χ2v) is 5.59. The van der Waals surface area contributed by atoms with E-state index < -0.39 is 23.2 Å². The molecule has 0 radical (unpaired) electrons. The van der Waals surface area contributed by atoms with Gasteiger partial charge in [0.2, 0.25) is 0 Å². The van der Waals surface area contributed by atoms with Crippen molar-refractivity contribution in [3.63, 3.8) is 0 Å². The first kappa shape index (κ1) is 14.8. The predicted molar refractivity (Wildman–Crippen MR) is 69.1 cm³/mol. The van der Waals surface area contributed by atoms with E-state index in [9.17, 15) is 18.0 Å². The molecule has 1 aromatic carbocycles. The molecule has 1 saturated heterocycles. The maximum Gasteiger partial charge on any atom is 0.417 e. The van der Waals surface area contributed by atoms with Crippen LogP contribution in [0.3, 0.4) is 0 Å². The quantitative estimate of drug-likeness (QED) is 0.908. The highest BCUT2D eigenvalue weighted by Gasteiger charge is 2.45. The topological polar surface area (TPSA) is 46.3 Å². The van der Waals surface area contributed by atoms with Crippen LogP contribution >= 0.6 is 0 Å². The lowest BCUT2D eigenvalue weighted by Crippen LogP contribution is -2.71. The molecule has 1 amide bonds. The molecular formula is C14H17F3N2O. The third kappa shape index (κ3) is 2.52. The number of halogens is 3. The van der Waals surface area contributed by atoms with Crippen molar-refractivity contribution >= 4 is 5.91 Å². The van der Waals surface area contributed by atoms with Gasteiger partial charge in [0.25, 0.3) is 5.91 Å². The summed E-state index contributed by atoms with van der Waals surface area (Å²) in [5.74, 6) is -0.441. The van der Waals surface area contributed by atoms with Crippen LogP contribution in [0, 0.1) is 5.92 Å². The zero-order valence-corrected chi connectivity index (χ0v) is 11.4. The van der Waals surface area contributed by atoms with Crippen LogP contribution in [0.1, 0.15) is 29.8 Å². The minimum Gasteiger partial charge on any atom is -0.335 e. The molecule has 0 aliphatic carbocycles. The smallest absolute Gasteiger partial charge is 0.335 e. The molecule has 1 heterocycles. The number of benzene rings is 1. The van der Waals surface area contributed by atoms with Crippen LogP contribution in [0.5, 0.6) is 0 Å². The van der Waals surface area contributed by atoms with E-state index >= 15 is 0 Å². The Kier molecular flexibility index (Phi) is 3.54. The van der Waals surface area contributed by atoms with Gasteiger partial charge in [0.05, 0.1) is 16.7 Å². The van der Waals surface area contributed by atoms with Crippen LogP contribution in [-0.2, 0) is 6.18 Å². The minimum atomic E-state index is -4.53. The fraction of sp³-hybridized carbons (Fsp3) is 0.500. The number of carbonyl (C=O) groups excluding carboxylic acids is 1. The van der Waals surface area contributed by atoms with Crippen molar-refractivity contribution in [1.29, 1.82) is 0 Å². The lowest BCUT2D eigenvalue weighted by atomic mass is 9.80. The summed E-state index contributed by atoms with van der Waals surface area (Å²) in [5.41, 5.74) is 4.35. The lowest BCUT2D eigenvalue weighted by molar-refractivity contribution is -0.138. The second kappa shape index (κ2) is 4.77. The Bertz CT molecular complexity index is 519. The van der Waals surface area contributed by atoms with Crippen LogP contribution in [0.4, 0.5) is 13.2 Å². The predicted octanol–water partition coefficient (Wildman–Crippen LogP) is 2.51. The SMILES string of the molecule is CC(C)C1(N)CN(C(=O)c2ccccc2C(F)(F)F)C1. The zero-order chi connectivity index (χ0) is 15.1. The highest BCUT2D eigenvalue weighted by atomic mass is 19.4. The van der Waals surface area contributed by atoms with E-state index in [4.69, 9.17) is 5.73 Å². The van der Waals surface area contributed by atoms with Crippen molar-refractivity contribution in [1.82, 2.24) is 4.90 Å². The normalized spacial score (nSPS) is 18.1. The summed E-state index contributed by atoms with van der Waals surface area (Å²) in [7, 11) is 0. The minimum absolute atomic E-state index is 0.171. The molecule has 0 spiro atoms. The Morgan fingerprint density at radius 2 is 1.85 bits per heavy atom. The Morgan fingerprint density at radius 1 is 1.30 bits per heavy atom. The number of hydrogen-bond acceptors (Lipinski definition) is 2. The number of amides is 1. The summed E-state index contributed by atoms with van der Waals surface area (Å²) in [6.45, 7) is 4.45. The fourth-order valence-electron chi connectivity index (χ4n) is 2.26. The summed E-state index contributed by atoms with van der Waals surface area (Å²) in [6, 6.07) is 4.83. The van der Waals surface area contributed by atoms with Gasteiger partial charge in [0.15, 0.2) is 0 Å². The molecule has 1 aromatic rings. The Hall–Kier alpha value is -1.56. The fourth-order valence-corrected chi connectivity index (χ4v) is 2.26. The number of nitrogens with zero attached hydrogens (tertiary/aromatic N) is 1. The van der Waals surface area contributed by atoms with Crippen LogP contribution in [0.2, 0.25) is 0 Å². The summed E-state index contributed by atoms with van der Waals surface area (Å²) in [5, 5.41) is 0. The third-order valence-electron chi connectivity index (χ3n) is 3.87. The summed E-state index contributed by atoms with van der Waals surface area (Å²) >= 11 is 0. The standard InChI is InChI=1S/C14H17F3N2O/c1-9(2)13(18)7-19(8-13)12(20)10-5-3-4-6-11(10)14(15,16)17/h3-6,9H,7-8,18H2,1-2H3. The highest BCUT2D eigenvalue weighted by Crippen LogP contribution is 2.34. The molecule has 0 atom stereocenters. The van der Waals surface area contributed by atoms with E-state index in [1.54, 1.807) is 0 Å². The zero-order valence-electron chi connectivity index (χ0n) is 11.4. The van der Waals surface area contributed by atoms with Gasteiger partial charge < -0.3 is 10.6 Å². The van der Waals surface area contributed by atoms with Gasteiger partial charge in [-0.3, -0.25) is 4.79 Å². The Labute approximate surface area is 115 Å². The molecule has 6 heteroatoms. The molecule has 0 saturated carbocycles. The van der Waals surface area contributed by atoms with Gasteiger partial charge in [-0.15, -0.1) is 0 Å². The van der Waals surface area contributed by atoms with Gasteiger partial charge in [0.1, 0.15) is 0 Å². The van der Waals surface area contributed by atoms with E-state index in [1.807, 2.05) is 13.8 Å². The number of likely N-dealkylation sites (tertiary alicyclic amines) is 1. The van der Waals surface area contributed by atoms with Gasteiger partial charge in [-0.05, 0) is 18.1 Å². The molecule has 0 aromatic heterocycles. The molecule has 3 nitrogen and oxygen atoms in total. The molecular weight excluding hydrogens is 269 g/mol. The third-order valence-corrected chi connectivity index (χ3v) is 3.87. The van der Waals surface area contributed by atoms with Crippen LogP contribution < -0.4 is 5.73 Å². The largest absolute Gasteiger partial charge is 0.417 e. The first-order chi connectivity index (χ1) is 9.15. The van der Waals surface area contributed by atoms with Gasteiger partial charge in [-0.25, -0.2) is 0 Å². The van der Waals surface area contributed by atoms with Crippen LogP contribution in [0.25, 0.3) is 0 Å². The van der Waals surface area contributed by atoms with E-state index in [-0.39, 0.29) is 24.6 Å². The molecule has 1 aliphatic heterocycles. The van der Waals surface area contributed by atoms with Crippen molar-refractivity contribution in [2.24, 2.45) is 11.7 Å². The molecule has 0 bridgehead atoms. The van der Waals surface area contributed by atoms with Crippen molar-refractivity contribution < 1.29 is 18.0 Å². The monoisotopic (exact) mass is 286 g/mol. The van der Waals surface area contributed by atoms with Crippen LogP contribution in [0.15, 0.2) is 24.3 Å². The summed E-state index contributed by atoms with van der Waals surface area (Å²) in [6.07, 6.45) is -4.53. The molecule has 1 fully saturated rings. The number of alkyl halides is 3. The van der Waals surface area contributed by atoms with E-state index in [2.05, 4.69) is 0 Å². The Balaban J connectivity index is 2.21. The summed E-state index contributed by atoms with van der Waals surface area (Å²) < 4.78 is 38.6. The van der Waals surface area contributed by atoms with Crippen molar-refractivity contribution in [2.75, 3.05) is 13.1 Å². The number of hydrogen-bond donors (Lipinski definition) is 1. The van der Waals surface area contributed by atoms with Crippen LogP contribution in [-0.4, -0.2) is 29.4 Å². The molecule has 2 rings (SSSR count). The lowest BCUT2D eigenvalue weighted by Gasteiger charge is -2.50. The number of rotatable bonds is 2. The van der Waals surface area contributed by atoms with E-state index in [0.29, 0.717) is 0 Å². The number of nitrogens with two attached hydrogens (primary N) is 1. The first-order valence-corrected chi connectivity index (χ1v) is 6.39. The molecule has 2 N–H and O–H groups in total. The van der Waals surface area contributed by atoms with Crippen molar-refractivity contribution in [3.05, 3.63) is 35.4 Å². The highest BCUT2D eigenvalue weighted by molar-refractivity contribution is 5.96. The molecule has 0 unspecified atom stereocenters. The van der Waals surface area contributed by atoms with Gasteiger partial charge in [0, 0.05) is 13.1 Å². The van der Waals surface area contributed by atoms with Gasteiger partial charge in [-0.2, -0.15) is 13.2 Å². The first-order valence-electron chi connectivity index (χ1n) is 6.39. The van der Waals surface area contributed by atoms with Crippen molar-refractivity contribution in [3.8, 4) is 0 Å². The van der Waals surface area contributed by atoms with Gasteiger partial charge in [-0.1, -0.05) is 26.0 Å². The number of carbonyl (C=O) groups is 1. The molecule has 20 heavy (non-hydrogen) atoms. The van der Waals surface area contributed by atoms with Crippen molar-refractivity contribution in [2.45, 2.75) is 25.6 Å². The maximum atomic E-state index is 12.9. The van der Waals surface area contributed by atoms with E-state index in [0.717, 1.165) is 6.07 Å². The average molecular weight is 286 g/mol. The van der Waals surface area contributed by atoms with E-state index in [1.165, 1.54) is 23.1 Å². The summed E-state index contributed by atoms with van der Waals surface area (Å²) in [4.78, 5) is 13.5. The maximum absolute atomic E-state index is 12.9. The molecule has 110 valence electrons. The second-order valence-electron chi connectivity index (χ2n) is 5.59. The molecule has 1 aliphatic rings.